The average Bonchev–Trinajstić information content (AvgIpc) is 2.16. The number of hydrogen-bond acceptors (Lipinski definition) is 1. The largest absolute Gasteiger partial charge is 0.388 e. The zero-order chi connectivity index (χ0) is 12.2. The molecule has 0 heterocycles. The van der Waals surface area contributed by atoms with E-state index in [4.69, 9.17) is 0 Å². The van der Waals surface area contributed by atoms with Gasteiger partial charge in [-0.05, 0) is 30.7 Å². The van der Waals surface area contributed by atoms with Gasteiger partial charge in [-0.25, -0.2) is 0 Å². The minimum atomic E-state index is -0.303. The Morgan fingerprint density at radius 1 is 1.12 bits per heavy atom. The molecular weight excluding hydrogens is 196 g/mol. The maximum absolute atomic E-state index is 10.0. The van der Waals surface area contributed by atoms with Crippen LogP contribution in [0.1, 0.15) is 57.3 Å². The minimum Gasteiger partial charge on any atom is -0.388 e. The Balaban J connectivity index is 2.41. The topological polar surface area (TPSA) is 20.2 Å². The first kappa shape index (κ1) is 13.2. The molecule has 0 amide bonds. The lowest BCUT2D eigenvalue weighted by Gasteiger charge is -2.19. The quantitative estimate of drug-likeness (QED) is 0.804. The highest BCUT2D eigenvalue weighted by Gasteiger charge is 2.12. The lowest BCUT2D eigenvalue weighted by atomic mass is 9.88. The second-order valence-corrected chi connectivity index (χ2v) is 5.88. The number of aryl methyl sites for hydroxylation is 1. The van der Waals surface area contributed by atoms with Gasteiger partial charge in [-0.15, -0.1) is 0 Å². The lowest BCUT2D eigenvalue weighted by Crippen LogP contribution is -2.06. The summed E-state index contributed by atoms with van der Waals surface area (Å²) in [5.41, 5.74) is 2.65. The smallest absolute Gasteiger partial charge is 0.0790 e. The highest BCUT2D eigenvalue weighted by Crippen LogP contribution is 2.26. The van der Waals surface area contributed by atoms with Crippen molar-refractivity contribution < 1.29 is 5.11 Å². The molecule has 0 aliphatic heterocycles. The molecule has 0 bridgehead atoms. The molecule has 1 rings (SSSR count). The van der Waals surface area contributed by atoms with Gasteiger partial charge in [0.25, 0.3) is 0 Å². The molecule has 0 fully saturated rings. The molecule has 1 N–H and O–H groups in total. The van der Waals surface area contributed by atoms with Gasteiger partial charge in [-0.3, -0.25) is 0 Å². The molecule has 0 aliphatic rings. The van der Waals surface area contributed by atoms with Crippen LogP contribution in [0.25, 0.3) is 0 Å². The number of aliphatic hydroxyl groups is 1. The first-order chi connectivity index (χ1) is 7.38. The third-order valence-electron chi connectivity index (χ3n) is 2.87. The summed E-state index contributed by atoms with van der Waals surface area (Å²) in [5, 5.41) is 10.0. The summed E-state index contributed by atoms with van der Waals surface area (Å²) < 4.78 is 0. The highest BCUT2D eigenvalue weighted by atomic mass is 16.3. The molecule has 1 aromatic carbocycles. The SMILES string of the molecule is Cc1ccc(C(O)CCCC(C)(C)C)cc1. The van der Waals surface area contributed by atoms with E-state index in [-0.39, 0.29) is 6.10 Å². The third kappa shape index (κ3) is 4.80. The fourth-order valence-electron chi connectivity index (χ4n) is 1.78. The van der Waals surface area contributed by atoms with E-state index in [9.17, 15) is 5.11 Å². The fraction of sp³-hybridized carbons (Fsp3) is 0.600. The van der Waals surface area contributed by atoms with Crippen LogP contribution in [0.4, 0.5) is 0 Å². The number of hydrogen-bond donors (Lipinski definition) is 1. The van der Waals surface area contributed by atoms with Crippen LogP contribution < -0.4 is 0 Å². The predicted octanol–water partition coefficient (Wildman–Crippen LogP) is 4.24. The Labute approximate surface area is 99.5 Å². The van der Waals surface area contributed by atoms with Gasteiger partial charge in [0.05, 0.1) is 6.10 Å². The van der Waals surface area contributed by atoms with E-state index in [0.29, 0.717) is 5.41 Å². The Morgan fingerprint density at radius 2 is 1.69 bits per heavy atom. The number of rotatable bonds is 4. The van der Waals surface area contributed by atoms with E-state index < -0.39 is 0 Å². The van der Waals surface area contributed by atoms with E-state index in [1.54, 1.807) is 0 Å². The monoisotopic (exact) mass is 220 g/mol. The van der Waals surface area contributed by atoms with Crippen LogP contribution >= 0.6 is 0 Å². The van der Waals surface area contributed by atoms with Crippen molar-refractivity contribution in [2.75, 3.05) is 0 Å². The molecule has 1 nitrogen and oxygen atoms in total. The second-order valence-electron chi connectivity index (χ2n) is 5.88. The fourth-order valence-corrected chi connectivity index (χ4v) is 1.78. The molecule has 0 saturated heterocycles. The average molecular weight is 220 g/mol. The normalized spacial score (nSPS) is 13.8. The van der Waals surface area contributed by atoms with Gasteiger partial charge in [-0.2, -0.15) is 0 Å². The highest BCUT2D eigenvalue weighted by molar-refractivity contribution is 5.22. The van der Waals surface area contributed by atoms with Crippen molar-refractivity contribution >= 4 is 0 Å². The maximum Gasteiger partial charge on any atom is 0.0790 e. The zero-order valence-electron chi connectivity index (χ0n) is 11.0. The van der Waals surface area contributed by atoms with E-state index >= 15 is 0 Å². The molecule has 1 unspecified atom stereocenters. The van der Waals surface area contributed by atoms with E-state index in [2.05, 4.69) is 39.8 Å². The predicted molar refractivity (Wildman–Crippen MR) is 69.4 cm³/mol. The third-order valence-corrected chi connectivity index (χ3v) is 2.87. The van der Waals surface area contributed by atoms with E-state index in [0.717, 1.165) is 24.8 Å². The molecule has 1 heteroatoms. The van der Waals surface area contributed by atoms with Crippen molar-refractivity contribution in [1.29, 1.82) is 0 Å². The molecule has 0 aliphatic carbocycles. The molecule has 16 heavy (non-hydrogen) atoms. The molecular formula is C15H24O. The second kappa shape index (κ2) is 5.49. The Bertz CT molecular complexity index is 305. The minimum absolute atomic E-state index is 0.303. The Hall–Kier alpha value is -0.820. The van der Waals surface area contributed by atoms with E-state index in [1.165, 1.54) is 5.56 Å². The van der Waals surface area contributed by atoms with Gasteiger partial charge in [0, 0.05) is 0 Å². The lowest BCUT2D eigenvalue weighted by molar-refractivity contribution is 0.158. The first-order valence-electron chi connectivity index (χ1n) is 6.13. The number of aliphatic hydroxyl groups excluding tert-OH is 1. The molecule has 0 aromatic heterocycles. The van der Waals surface area contributed by atoms with Crippen LogP contribution in [0.2, 0.25) is 0 Å². The standard InChI is InChI=1S/C15H24O/c1-12-7-9-13(10-8-12)14(16)6-5-11-15(2,3)4/h7-10,14,16H,5-6,11H2,1-4H3. The van der Waals surface area contributed by atoms with E-state index in [1.807, 2.05) is 12.1 Å². The van der Waals surface area contributed by atoms with Crippen LogP contribution in [0.5, 0.6) is 0 Å². The van der Waals surface area contributed by atoms with Gasteiger partial charge in [0.2, 0.25) is 0 Å². The summed E-state index contributed by atoms with van der Waals surface area (Å²) in [6.07, 6.45) is 2.80. The van der Waals surface area contributed by atoms with Crippen molar-refractivity contribution in [3.8, 4) is 0 Å². The van der Waals surface area contributed by atoms with Crippen molar-refractivity contribution in [2.45, 2.75) is 53.1 Å². The maximum atomic E-state index is 10.0. The summed E-state index contributed by atoms with van der Waals surface area (Å²) >= 11 is 0. The summed E-state index contributed by atoms with van der Waals surface area (Å²) in [7, 11) is 0. The van der Waals surface area contributed by atoms with Crippen molar-refractivity contribution in [3.05, 3.63) is 35.4 Å². The van der Waals surface area contributed by atoms with Crippen LogP contribution in [0, 0.1) is 12.3 Å². The molecule has 1 aromatic rings. The van der Waals surface area contributed by atoms with Crippen LogP contribution in [-0.4, -0.2) is 5.11 Å². The molecule has 1 atom stereocenters. The Kier molecular flexibility index (Phi) is 4.55. The molecule has 0 spiro atoms. The summed E-state index contributed by atoms with van der Waals surface area (Å²) in [6.45, 7) is 8.79. The van der Waals surface area contributed by atoms with Gasteiger partial charge in [-0.1, -0.05) is 57.0 Å². The van der Waals surface area contributed by atoms with Gasteiger partial charge in [0.1, 0.15) is 0 Å². The molecule has 0 saturated carbocycles. The van der Waals surface area contributed by atoms with Crippen LogP contribution in [0.15, 0.2) is 24.3 Å². The first-order valence-corrected chi connectivity index (χ1v) is 6.13. The van der Waals surface area contributed by atoms with Crippen LogP contribution in [0.3, 0.4) is 0 Å². The van der Waals surface area contributed by atoms with Crippen molar-refractivity contribution in [2.24, 2.45) is 5.41 Å². The van der Waals surface area contributed by atoms with Gasteiger partial charge >= 0.3 is 0 Å². The van der Waals surface area contributed by atoms with Crippen LogP contribution in [-0.2, 0) is 0 Å². The molecule has 0 radical (unpaired) electrons. The van der Waals surface area contributed by atoms with Crippen molar-refractivity contribution in [3.63, 3.8) is 0 Å². The zero-order valence-corrected chi connectivity index (χ0v) is 11.0. The van der Waals surface area contributed by atoms with Gasteiger partial charge in [0.15, 0.2) is 0 Å². The summed E-state index contributed by atoms with van der Waals surface area (Å²) in [4.78, 5) is 0. The summed E-state index contributed by atoms with van der Waals surface area (Å²) in [5.74, 6) is 0. The summed E-state index contributed by atoms with van der Waals surface area (Å²) in [6, 6.07) is 8.17. The van der Waals surface area contributed by atoms with Gasteiger partial charge < -0.3 is 5.11 Å². The molecule has 90 valence electrons. The van der Waals surface area contributed by atoms with Crippen molar-refractivity contribution in [1.82, 2.24) is 0 Å². The number of benzene rings is 1. The Morgan fingerprint density at radius 3 is 2.19 bits per heavy atom.